The number of benzene rings is 2. The van der Waals surface area contributed by atoms with E-state index in [-0.39, 0.29) is 33.8 Å². The topological polar surface area (TPSA) is 143 Å². The Labute approximate surface area is 153 Å². The number of nitrogens with one attached hydrogen (secondary N) is 1. The number of aromatic carboxylic acids is 1. The average molecular weight is 367 g/mol. The summed E-state index contributed by atoms with van der Waals surface area (Å²) in [5, 5.41) is 31.7. The second-order valence-corrected chi connectivity index (χ2v) is 5.20. The minimum absolute atomic E-state index is 0.0268. The molecular weight excluding hydrogens is 354 g/mol. The molecule has 0 bridgehead atoms. The highest BCUT2D eigenvalue weighted by Gasteiger charge is 2.16. The third kappa shape index (κ3) is 4.67. The van der Waals surface area contributed by atoms with Crippen LogP contribution in [0.1, 0.15) is 15.9 Å². The molecule has 0 saturated heterocycles. The molecule has 0 atom stereocenters. The van der Waals surface area contributed by atoms with E-state index in [9.17, 15) is 25.0 Å². The molecule has 0 aliphatic heterocycles. The van der Waals surface area contributed by atoms with E-state index >= 15 is 0 Å². The van der Waals surface area contributed by atoms with Crippen molar-refractivity contribution in [1.82, 2.24) is 0 Å². The second-order valence-electron chi connectivity index (χ2n) is 5.20. The molecule has 2 aromatic rings. The first-order chi connectivity index (χ1) is 12.8. The molecule has 1 amide bonds. The number of rotatable bonds is 6. The number of nitro groups is 1. The fraction of sp³-hybridized carbons (Fsp3) is 0.0556. The number of hydrogen-bond donors (Lipinski definition) is 2. The van der Waals surface area contributed by atoms with E-state index in [0.29, 0.717) is 0 Å². The Morgan fingerprint density at radius 3 is 2.63 bits per heavy atom. The molecule has 2 rings (SSSR count). The number of carbonyl (C=O) groups excluding carboxylic acids is 1. The molecular formula is C18H13N3O6. The number of carboxylic acids is 1. The number of nitro benzene ring substituents is 1. The van der Waals surface area contributed by atoms with Gasteiger partial charge in [-0.25, -0.2) is 4.79 Å². The van der Waals surface area contributed by atoms with E-state index in [1.807, 2.05) is 0 Å². The van der Waals surface area contributed by atoms with Gasteiger partial charge < -0.3 is 15.2 Å². The second kappa shape index (κ2) is 8.26. The maximum atomic E-state index is 12.3. The molecule has 27 heavy (non-hydrogen) atoms. The number of carboxylic acid groups (broad SMARTS) is 1. The van der Waals surface area contributed by atoms with Gasteiger partial charge in [0.05, 0.1) is 17.6 Å². The number of carbonyl (C=O) groups is 2. The van der Waals surface area contributed by atoms with Crippen LogP contribution in [0, 0.1) is 21.4 Å². The zero-order valence-corrected chi connectivity index (χ0v) is 14.0. The monoisotopic (exact) mass is 367 g/mol. The molecule has 9 nitrogen and oxygen atoms in total. The molecule has 0 aromatic heterocycles. The summed E-state index contributed by atoms with van der Waals surface area (Å²) in [5.41, 5.74) is -0.190. The first-order valence-electron chi connectivity index (χ1n) is 7.44. The Kier molecular flexibility index (Phi) is 5.86. The Hall–Kier alpha value is -4.19. The van der Waals surface area contributed by atoms with E-state index in [4.69, 9.17) is 9.84 Å². The number of methoxy groups -OCH3 is 1. The summed E-state index contributed by atoms with van der Waals surface area (Å²) in [4.78, 5) is 33.7. The molecule has 0 saturated carbocycles. The Bertz CT molecular complexity index is 991. The highest BCUT2D eigenvalue weighted by atomic mass is 16.6. The molecule has 0 radical (unpaired) electrons. The summed E-state index contributed by atoms with van der Waals surface area (Å²) < 4.78 is 4.90. The lowest BCUT2D eigenvalue weighted by Gasteiger charge is -2.06. The molecule has 0 spiro atoms. The third-order valence-electron chi connectivity index (χ3n) is 3.44. The number of anilines is 1. The summed E-state index contributed by atoms with van der Waals surface area (Å²) in [6, 6.07) is 11.2. The van der Waals surface area contributed by atoms with Gasteiger partial charge >= 0.3 is 11.7 Å². The fourth-order valence-corrected chi connectivity index (χ4v) is 2.18. The van der Waals surface area contributed by atoms with Crippen molar-refractivity contribution < 1.29 is 24.4 Å². The summed E-state index contributed by atoms with van der Waals surface area (Å²) in [6.45, 7) is 0. The van der Waals surface area contributed by atoms with Crippen LogP contribution in [0.3, 0.4) is 0 Å². The molecule has 9 heteroatoms. The quantitative estimate of drug-likeness (QED) is 0.346. The van der Waals surface area contributed by atoms with Crippen LogP contribution in [-0.4, -0.2) is 29.0 Å². The number of nitrogens with zero attached hydrogens (tertiary/aromatic N) is 2. The molecule has 0 aliphatic carbocycles. The van der Waals surface area contributed by atoms with Crippen LogP contribution < -0.4 is 10.1 Å². The van der Waals surface area contributed by atoms with E-state index in [2.05, 4.69) is 5.32 Å². The molecule has 136 valence electrons. The van der Waals surface area contributed by atoms with Gasteiger partial charge in [0.15, 0.2) is 5.75 Å². The van der Waals surface area contributed by atoms with Crippen molar-refractivity contribution in [2.75, 3.05) is 12.4 Å². The number of amides is 1. The van der Waals surface area contributed by atoms with Gasteiger partial charge in [0, 0.05) is 11.8 Å². The van der Waals surface area contributed by atoms with Crippen LogP contribution in [0.25, 0.3) is 6.08 Å². The third-order valence-corrected chi connectivity index (χ3v) is 3.44. The van der Waals surface area contributed by atoms with E-state index in [1.165, 1.54) is 55.7 Å². The van der Waals surface area contributed by atoms with Crippen LogP contribution in [0.4, 0.5) is 11.4 Å². The van der Waals surface area contributed by atoms with Crippen molar-refractivity contribution in [2.24, 2.45) is 0 Å². The predicted octanol–water partition coefficient (Wildman–Crippen LogP) is 2.85. The Balaban J connectivity index is 2.31. The van der Waals surface area contributed by atoms with Gasteiger partial charge in [0.25, 0.3) is 5.91 Å². The zero-order valence-electron chi connectivity index (χ0n) is 14.0. The Morgan fingerprint density at radius 1 is 1.30 bits per heavy atom. The predicted molar refractivity (Wildman–Crippen MR) is 95.3 cm³/mol. The first-order valence-corrected chi connectivity index (χ1v) is 7.44. The number of nitriles is 1. The first kappa shape index (κ1) is 19.1. The summed E-state index contributed by atoms with van der Waals surface area (Å²) in [5.74, 6) is -1.89. The van der Waals surface area contributed by atoms with E-state index in [1.54, 1.807) is 6.07 Å². The minimum Gasteiger partial charge on any atom is -0.490 e. The molecule has 2 aromatic carbocycles. The lowest BCUT2D eigenvalue weighted by atomic mass is 10.1. The SMILES string of the molecule is COc1ccc(/C=C(/C#N)C(=O)Nc2cccc(C(=O)O)c2)cc1[N+](=O)[O-]. The fourth-order valence-electron chi connectivity index (χ4n) is 2.18. The highest BCUT2D eigenvalue weighted by molar-refractivity contribution is 6.10. The van der Waals surface area contributed by atoms with Gasteiger partial charge in [-0.15, -0.1) is 0 Å². The zero-order chi connectivity index (χ0) is 20.0. The van der Waals surface area contributed by atoms with Gasteiger partial charge in [-0.05, 0) is 35.9 Å². The highest BCUT2D eigenvalue weighted by Crippen LogP contribution is 2.28. The summed E-state index contributed by atoms with van der Waals surface area (Å²) in [7, 11) is 1.29. The smallest absolute Gasteiger partial charge is 0.335 e. The van der Waals surface area contributed by atoms with Crippen LogP contribution >= 0.6 is 0 Å². The van der Waals surface area contributed by atoms with Crippen molar-refractivity contribution in [1.29, 1.82) is 5.26 Å². The van der Waals surface area contributed by atoms with Crippen molar-refractivity contribution in [3.8, 4) is 11.8 Å². The van der Waals surface area contributed by atoms with Crippen molar-refractivity contribution >= 4 is 29.3 Å². The van der Waals surface area contributed by atoms with Crippen LogP contribution in [0.5, 0.6) is 5.75 Å². The Morgan fingerprint density at radius 2 is 2.04 bits per heavy atom. The van der Waals surface area contributed by atoms with Crippen molar-refractivity contribution in [3.05, 3.63) is 69.3 Å². The van der Waals surface area contributed by atoms with Crippen molar-refractivity contribution in [3.63, 3.8) is 0 Å². The molecule has 0 aliphatic rings. The van der Waals surface area contributed by atoms with E-state index < -0.39 is 16.8 Å². The van der Waals surface area contributed by atoms with Crippen LogP contribution in [0.15, 0.2) is 48.0 Å². The van der Waals surface area contributed by atoms with Gasteiger partial charge in [-0.2, -0.15) is 5.26 Å². The van der Waals surface area contributed by atoms with Gasteiger partial charge in [0.1, 0.15) is 11.6 Å². The maximum Gasteiger partial charge on any atom is 0.335 e. The van der Waals surface area contributed by atoms with Gasteiger partial charge in [-0.1, -0.05) is 12.1 Å². The van der Waals surface area contributed by atoms with Crippen LogP contribution in [0.2, 0.25) is 0 Å². The van der Waals surface area contributed by atoms with Gasteiger partial charge in [0.2, 0.25) is 0 Å². The van der Waals surface area contributed by atoms with Gasteiger partial charge in [-0.3, -0.25) is 14.9 Å². The van der Waals surface area contributed by atoms with Crippen molar-refractivity contribution in [2.45, 2.75) is 0 Å². The summed E-state index contributed by atoms with van der Waals surface area (Å²) >= 11 is 0. The lowest BCUT2D eigenvalue weighted by molar-refractivity contribution is -0.385. The lowest BCUT2D eigenvalue weighted by Crippen LogP contribution is -2.14. The number of hydrogen-bond acceptors (Lipinski definition) is 6. The normalized spacial score (nSPS) is 10.6. The molecule has 0 heterocycles. The largest absolute Gasteiger partial charge is 0.490 e. The minimum atomic E-state index is -1.16. The summed E-state index contributed by atoms with van der Waals surface area (Å²) in [6.07, 6.45) is 1.18. The molecule has 2 N–H and O–H groups in total. The maximum absolute atomic E-state index is 12.3. The number of ether oxygens (including phenoxy) is 1. The average Bonchev–Trinajstić information content (AvgIpc) is 2.65. The molecule has 0 unspecified atom stereocenters. The standard InChI is InChI=1S/C18H13N3O6/c1-27-16-6-5-11(8-15(16)21(25)26)7-13(10-19)17(22)20-14-4-2-3-12(9-14)18(23)24/h2-9H,1H3,(H,20,22)(H,23,24)/b13-7-. The molecule has 0 fully saturated rings. The van der Waals surface area contributed by atoms with E-state index in [0.717, 1.165) is 0 Å². The van der Waals surface area contributed by atoms with Crippen LogP contribution in [-0.2, 0) is 4.79 Å².